The van der Waals surface area contributed by atoms with Crippen LogP contribution in [-0.4, -0.2) is 38.1 Å². The van der Waals surface area contributed by atoms with Gasteiger partial charge in [-0.05, 0) is 31.0 Å². The number of likely N-dealkylation sites (tertiary alicyclic amines) is 1. The van der Waals surface area contributed by atoms with Crippen LogP contribution in [-0.2, 0) is 0 Å². The van der Waals surface area contributed by atoms with Gasteiger partial charge in [-0.1, -0.05) is 19.3 Å². The zero-order valence-corrected chi connectivity index (χ0v) is 12.4. The third-order valence-electron chi connectivity index (χ3n) is 3.77. The molecule has 0 bridgehead atoms. The van der Waals surface area contributed by atoms with Gasteiger partial charge in [0.2, 0.25) is 0 Å². The van der Waals surface area contributed by atoms with Crippen molar-refractivity contribution >= 4 is 5.91 Å². The Bertz CT molecular complexity index is 451. The first-order valence-corrected chi connectivity index (χ1v) is 7.27. The number of carbonyl (C=O) groups excluding carboxylic acids is 1. The predicted octanol–water partition coefficient (Wildman–Crippen LogP) is 3.11. The number of amides is 1. The molecule has 0 aromatic heterocycles. The second-order valence-electron chi connectivity index (χ2n) is 5.13. The van der Waals surface area contributed by atoms with Crippen LogP contribution < -0.4 is 9.47 Å². The standard InChI is InChI=1S/C16H23NO3/c1-19-14-9-8-13(12-15(14)20-2)16(18)17-10-6-4-3-5-7-11-17/h8-9,12H,3-7,10-11H2,1-2H3. The third kappa shape index (κ3) is 3.44. The van der Waals surface area contributed by atoms with E-state index >= 15 is 0 Å². The monoisotopic (exact) mass is 277 g/mol. The van der Waals surface area contributed by atoms with Crippen LogP contribution in [0.25, 0.3) is 0 Å². The highest BCUT2D eigenvalue weighted by Gasteiger charge is 2.18. The molecule has 2 rings (SSSR count). The molecule has 1 saturated heterocycles. The van der Waals surface area contributed by atoms with E-state index in [9.17, 15) is 4.79 Å². The van der Waals surface area contributed by atoms with Crippen molar-refractivity contribution in [1.29, 1.82) is 0 Å². The molecule has 0 radical (unpaired) electrons. The van der Waals surface area contributed by atoms with Crippen LogP contribution in [0.1, 0.15) is 42.5 Å². The van der Waals surface area contributed by atoms with Crippen molar-refractivity contribution in [3.8, 4) is 11.5 Å². The molecule has 0 unspecified atom stereocenters. The van der Waals surface area contributed by atoms with E-state index < -0.39 is 0 Å². The Labute approximate surface area is 120 Å². The van der Waals surface area contributed by atoms with Gasteiger partial charge in [0.15, 0.2) is 11.5 Å². The molecular formula is C16H23NO3. The zero-order chi connectivity index (χ0) is 14.4. The lowest BCUT2D eigenvalue weighted by Gasteiger charge is -2.25. The first-order chi connectivity index (χ1) is 9.76. The van der Waals surface area contributed by atoms with E-state index in [-0.39, 0.29) is 5.91 Å². The fraction of sp³-hybridized carbons (Fsp3) is 0.562. The summed E-state index contributed by atoms with van der Waals surface area (Å²) in [7, 11) is 3.18. The zero-order valence-electron chi connectivity index (χ0n) is 12.4. The predicted molar refractivity (Wildman–Crippen MR) is 78.5 cm³/mol. The van der Waals surface area contributed by atoms with Crippen molar-refractivity contribution in [2.45, 2.75) is 32.1 Å². The molecule has 0 atom stereocenters. The van der Waals surface area contributed by atoms with Gasteiger partial charge < -0.3 is 14.4 Å². The maximum Gasteiger partial charge on any atom is 0.253 e. The molecule has 110 valence electrons. The van der Waals surface area contributed by atoms with Crippen LogP contribution in [0.3, 0.4) is 0 Å². The van der Waals surface area contributed by atoms with Crippen LogP contribution >= 0.6 is 0 Å². The molecule has 1 aliphatic heterocycles. The highest BCUT2D eigenvalue weighted by Crippen LogP contribution is 2.28. The number of methoxy groups -OCH3 is 2. The molecule has 1 aliphatic rings. The Balaban J connectivity index is 2.14. The van der Waals surface area contributed by atoms with Crippen molar-refractivity contribution in [2.75, 3.05) is 27.3 Å². The smallest absolute Gasteiger partial charge is 0.253 e. The minimum atomic E-state index is 0.0906. The van der Waals surface area contributed by atoms with Gasteiger partial charge in [0.25, 0.3) is 5.91 Å². The Morgan fingerprint density at radius 3 is 2.15 bits per heavy atom. The number of ether oxygens (including phenoxy) is 2. The van der Waals surface area contributed by atoms with Crippen LogP contribution in [0.2, 0.25) is 0 Å². The first kappa shape index (κ1) is 14.7. The molecule has 4 nitrogen and oxygen atoms in total. The molecule has 1 heterocycles. The van der Waals surface area contributed by atoms with E-state index in [2.05, 4.69) is 0 Å². The van der Waals surface area contributed by atoms with Gasteiger partial charge in [-0.15, -0.1) is 0 Å². The minimum Gasteiger partial charge on any atom is -0.493 e. The summed E-state index contributed by atoms with van der Waals surface area (Å²) in [6, 6.07) is 5.36. The largest absolute Gasteiger partial charge is 0.493 e. The Kier molecular flexibility index (Phi) is 5.27. The number of hydrogen-bond acceptors (Lipinski definition) is 3. The highest BCUT2D eigenvalue weighted by molar-refractivity contribution is 5.95. The molecule has 0 N–H and O–H groups in total. The summed E-state index contributed by atoms with van der Waals surface area (Å²) in [5.74, 6) is 1.34. The average Bonchev–Trinajstić information content (AvgIpc) is 2.45. The number of nitrogens with zero attached hydrogens (tertiary/aromatic N) is 1. The maximum atomic E-state index is 12.6. The van der Waals surface area contributed by atoms with E-state index in [0.29, 0.717) is 17.1 Å². The van der Waals surface area contributed by atoms with Gasteiger partial charge in [-0.3, -0.25) is 4.79 Å². The average molecular weight is 277 g/mol. The van der Waals surface area contributed by atoms with Crippen molar-refractivity contribution in [3.05, 3.63) is 23.8 Å². The van der Waals surface area contributed by atoms with E-state index in [4.69, 9.17) is 9.47 Å². The summed E-state index contributed by atoms with van der Waals surface area (Å²) in [5.41, 5.74) is 0.670. The summed E-state index contributed by atoms with van der Waals surface area (Å²) < 4.78 is 10.5. The minimum absolute atomic E-state index is 0.0906. The van der Waals surface area contributed by atoms with E-state index in [1.54, 1.807) is 26.4 Å². The van der Waals surface area contributed by atoms with E-state index in [1.165, 1.54) is 19.3 Å². The van der Waals surface area contributed by atoms with E-state index in [1.807, 2.05) is 11.0 Å². The molecule has 0 aliphatic carbocycles. The molecule has 1 aromatic rings. The normalized spacial score (nSPS) is 16.2. The lowest BCUT2D eigenvalue weighted by Crippen LogP contribution is -2.33. The van der Waals surface area contributed by atoms with Gasteiger partial charge in [-0.2, -0.15) is 0 Å². The summed E-state index contributed by atoms with van der Waals surface area (Å²) in [6.45, 7) is 1.71. The fourth-order valence-corrected chi connectivity index (χ4v) is 2.60. The van der Waals surface area contributed by atoms with Gasteiger partial charge >= 0.3 is 0 Å². The number of rotatable bonds is 3. The van der Waals surface area contributed by atoms with Crippen molar-refractivity contribution < 1.29 is 14.3 Å². The topological polar surface area (TPSA) is 38.8 Å². The lowest BCUT2D eigenvalue weighted by atomic mass is 10.1. The molecule has 0 spiro atoms. The van der Waals surface area contributed by atoms with Crippen molar-refractivity contribution in [1.82, 2.24) is 4.90 Å². The summed E-state index contributed by atoms with van der Waals surface area (Å²) in [4.78, 5) is 14.5. The van der Waals surface area contributed by atoms with Gasteiger partial charge in [0.05, 0.1) is 14.2 Å². The van der Waals surface area contributed by atoms with Gasteiger partial charge in [0.1, 0.15) is 0 Å². The molecule has 1 aromatic carbocycles. The number of hydrogen-bond donors (Lipinski definition) is 0. The molecule has 1 amide bonds. The molecule has 4 heteroatoms. The van der Waals surface area contributed by atoms with Crippen LogP contribution in [0.5, 0.6) is 11.5 Å². The number of benzene rings is 1. The summed E-state index contributed by atoms with van der Waals surface area (Å²) in [5, 5.41) is 0. The van der Waals surface area contributed by atoms with Crippen molar-refractivity contribution in [3.63, 3.8) is 0 Å². The van der Waals surface area contributed by atoms with Crippen LogP contribution in [0, 0.1) is 0 Å². The molecular weight excluding hydrogens is 254 g/mol. The lowest BCUT2D eigenvalue weighted by molar-refractivity contribution is 0.0742. The van der Waals surface area contributed by atoms with Crippen LogP contribution in [0.4, 0.5) is 0 Å². The van der Waals surface area contributed by atoms with Gasteiger partial charge in [0, 0.05) is 18.7 Å². The SMILES string of the molecule is COc1ccc(C(=O)N2CCCCCCC2)cc1OC. The molecule has 1 fully saturated rings. The Morgan fingerprint density at radius 1 is 0.950 bits per heavy atom. The first-order valence-electron chi connectivity index (χ1n) is 7.27. The molecule has 20 heavy (non-hydrogen) atoms. The van der Waals surface area contributed by atoms with E-state index in [0.717, 1.165) is 25.9 Å². The van der Waals surface area contributed by atoms with Gasteiger partial charge in [-0.25, -0.2) is 0 Å². The Morgan fingerprint density at radius 2 is 1.55 bits per heavy atom. The van der Waals surface area contributed by atoms with Crippen LogP contribution in [0.15, 0.2) is 18.2 Å². The highest BCUT2D eigenvalue weighted by atomic mass is 16.5. The number of carbonyl (C=O) groups is 1. The third-order valence-corrected chi connectivity index (χ3v) is 3.77. The van der Waals surface area contributed by atoms with Crippen molar-refractivity contribution in [2.24, 2.45) is 0 Å². The fourth-order valence-electron chi connectivity index (χ4n) is 2.60. The summed E-state index contributed by atoms with van der Waals surface area (Å²) >= 11 is 0. The summed E-state index contributed by atoms with van der Waals surface area (Å²) in [6.07, 6.45) is 5.92. The quantitative estimate of drug-likeness (QED) is 0.852. The molecule has 0 saturated carbocycles. The maximum absolute atomic E-state index is 12.6. The Hall–Kier alpha value is -1.71. The second-order valence-corrected chi connectivity index (χ2v) is 5.13. The second kappa shape index (κ2) is 7.17.